The van der Waals surface area contributed by atoms with Gasteiger partial charge in [-0.3, -0.25) is 9.59 Å². The second kappa shape index (κ2) is 5.96. The fraction of sp³-hybridized carbons (Fsp3) is 0.111. The summed E-state index contributed by atoms with van der Waals surface area (Å²) < 4.78 is 0. The van der Waals surface area contributed by atoms with Crippen molar-refractivity contribution in [3.05, 3.63) is 65.2 Å². The summed E-state index contributed by atoms with van der Waals surface area (Å²) >= 11 is 0. The van der Waals surface area contributed by atoms with Gasteiger partial charge >= 0.3 is 0 Å². The molecule has 2 aromatic carbocycles. The summed E-state index contributed by atoms with van der Waals surface area (Å²) in [5, 5.41) is 13.4. The molecule has 1 aromatic heterocycles. The lowest BCUT2D eigenvalue weighted by molar-refractivity contribution is 0.0955. The van der Waals surface area contributed by atoms with Gasteiger partial charge in [0.2, 0.25) is 5.88 Å². The van der Waals surface area contributed by atoms with Gasteiger partial charge in [0.25, 0.3) is 5.91 Å². The van der Waals surface area contributed by atoms with Crippen molar-refractivity contribution in [3.8, 4) is 5.88 Å². The predicted molar refractivity (Wildman–Crippen MR) is 87.8 cm³/mol. The molecule has 3 rings (SSSR count). The molecule has 1 amide bonds. The van der Waals surface area contributed by atoms with Gasteiger partial charge in [-0.1, -0.05) is 36.4 Å². The second-order valence-corrected chi connectivity index (χ2v) is 5.16. The summed E-state index contributed by atoms with van der Waals surface area (Å²) in [6.45, 7) is 2.37. The maximum absolute atomic E-state index is 12.6. The first-order chi connectivity index (χ1) is 11.1. The highest BCUT2D eigenvalue weighted by Gasteiger charge is 2.20. The molecular formula is C18H16N2O3. The minimum absolute atomic E-state index is 0.193. The first-order valence-electron chi connectivity index (χ1n) is 7.34. The molecule has 23 heavy (non-hydrogen) atoms. The normalized spacial score (nSPS) is 10.7. The molecule has 0 fully saturated rings. The van der Waals surface area contributed by atoms with Crippen molar-refractivity contribution in [1.29, 1.82) is 0 Å². The van der Waals surface area contributed by atoms with Gasteiger partial charge in [-0.25, -0.2) is 0 Å². The fourth-order valence-electron chi connectivity index (χ4n) is 2.55. The van der Waals surface area contributed by atoms with E-state index in [9.17, 15) is 14.7 Å². The quantitative estimate of drug-likeness (QED) is 0.648. The van der Waals surface area contributed by atoms with E-state index >= 15 is 0 Å². The van der Waals surface area contributed by atoms with Crippen LogP contribution in [0.1, 0.15) is 33.2 Å². The highest BCUT2D eigenvalue weighted by molar-refractivity contribution is 6.18. The van der Waals surface area contributed by atoms with Crippen molar-refractivity contribution in [1.82, 2.24) is 10.3 Å². The number of aromatic hydroxyl groups is 1. The molecular weight excluding hydrogens is 292 g/mol. The number of benzene rings is 2. The molecule has 5 heteroatoms. The zero-order valence-corrected chi connectivity index (χ0v) is 12.6. The third kappa shape index (κ3) is 2.68. The number of aromatic amines is 1. The van der Waals surface area contributed by atoms with Gasteiger partial charge in [0.1, 0.15) is 0 Å². The van der Waals surface area contributed by atoms with Gasteiger partial charge in [-0.15, -0.1) is 0 Å². The van der Waals surface area contributed by atoms with Crippen molar-refractivity contribution in [2.24, 2.45) is 0 Å². The minimum atomic E-state index is -0.264. The minimum Gasteiger partial charge on any atom is -0.494 e. The number of amides is 1. The van der Waals surface area contributed by atoms with E-state index in [-0.39, 0.29) is 23.1 Å². The lowest BCUT2D eigenvalue weighted by Crippen LogP contribution is -2.22. The number of hydrogen-bond acceptors (Lipinski definition) is 3. The third-order valence-electron chi connectivity index (χ3n) is 3.64. The number of aromatic nitrogens is 1. The van der Waals surface area contributed by atoms with Crippen molar-refractivity contribution < 1.29 is 14.7 Å². The fourth-order valence-corrected chi connectivity index (χ4v) is 2.55. The largest absolute Gasteiger partial charge is 0.494 e. The van der Waals surface area contributed by atoms with Crippen molar-refractivity contribution in [2.75, 3.05) is 6.54 Å². The molecule has 1 heterocycles. The summed E-state index contributed by atoms with van der Waals surface area (Å²) in [6.07, 6.45) is 0. The number of ketones is 1. The second-order valence-electron chi connectivity index (χ2n) is 5.16. The van der Waals surface area contributed by atoms with Crippen LogP contribution < -0.4 is 5.32 Å². The number of hydrogen-bond donors (Lipinski definition) is 3. The standard InChI is InChI=1S/C18H16N2O3/c1-2-19-17(22)12-8-9-13-14(10-12)20-18(23)15(13)16(21)11-6-4-3-5-7-11/h3-10,20,23H,2H2,1H3,(H,19,22). The maximum Gasteiger partial charge on any atom is 0.251 e. The van der Waals surface area contributed by atoms with Crippen LogP contribution >= 0.6 is 0 Å². The Kier molecular flexibility index (Phi) is 3.85. The van der Waals surface area contributed by atoms with Crippen LogP contribution in [0, 0.1) is 0 Å². The van der Waals surface area contributed by atoms with Crippen LogP contribution in [-0.2, 0) is 0 Å². The summed E-state index contributed by atoms with van der Waals surface area (Å²) in [5.74, 6) is -0.651. The summed E-state index contributed by atoms with van der Waals surface area (Å²) in [6, 6.07) is 13.7. The van der Waals surface area contributed by atoms with Crippen LogP contribution in [0.2, 0.25) is 0 Å². The Hall–Kier alpha value is -3.08. The topological polar surface area (TPSA) is 82.2 Å². The predicted octanol–water partition coefficient (Wildman–Crippen LogP) is 2.85. The molecule has 0 spiro atoms. The first kappa shape index (κ1) is 14.8. The zero-order chi connectivity index (χ0) is 16.4. The Balaban J connectivity index is 2.07. The number of fused-ring (bicyclic) bond motifs is 1. The van der Waals surface area contributed by atoms with E-state index in [1.54, 1.807) is 42.5 Å². The van der Waals surface area contributed by atoms with Gasteiger partial charge < -0.3 is 15.4 Å². The Labute approximate surface area is 133 Å². The molecule has 0 saturated heterocycles. The molecule has 3 N–H and O–H groups in total. The Morgan fingerprint density at radius 1 is 1.09 bits per heavy atom. The molecule has 0 aliphatic carbocycles. The molecule has 0 bridgehead atoms. The highest BCUT2D eigenvalue weighted by Crippen LogP contribution is 2.30. The smallest absolute Gasteiger partial charge is 0.251 e. The third-order valence-corrected chi connectivity index (χ3v) is 3.64. The van der Waals surface area contributed by atoms with E-state index < -0.39 is 0 Å². The van der Waals surface area contributed by atoms with Crippen LogP contribution in [0.3, 0.4) is 0 Å². The van der Waals surface area contributed by atoms with Gasteiger partial charge in [-0.2, -0.15) is 0 Å². The van der Waals surface area contributed by atoms with Crippen LogP contribution in [-0.4, -0.2) is 28.3 Å². The van der Waals surface area contributed by atoms with Crippen LogP contribution in [0.4, 0.5) is 0 Å². The van der Waals surface area contributed by atoms with E-state index in [0.29, 0.717) is 28.6 Å². The van der Waals surface area contributed by atoms with Gasteiger partial charge in [0.15, 0.2) is 5.78 Å². The number of rotatable bonds is 4. The molecule has 0 unspecified atom stereocenters. The van der Waals surface area contributed by atoms with Crippen LogP contribution in [0.5, 0.6) is 5.88 Å². The highest BCUT2D eigenvalue weighted by atomic mass is 16.3. The lowest BCUT2D eigenvalue weighted by Gasteiger charge is -2.03. The average Bonchev–Trinajstić information content (AvgIpc) is 2.90. The van der Waals surface area contributed by atoms with Crippen LogP contribution in [0.15, 0.2) is 48.5 Å². The SMILES string of the molecule is CCNC(=O)c1ccc2c(C(=O)c3ccccc3)c(O)[nH]c2c1. The first-order valence-corrected chi connectivity index (χ1v) is 7.34. The Morgan fingerprint density at radius 3 is 2.52 bits per heavy atom. The molecule has 116 valence electrons. The molecule has 3 aromatic rings. The van der Waals surface area contributed by atoms with E-state index in [0.717, 1.165) is 0 Å². The molecule has 5 nitrogen and oxygen atoms in total. The number of carbonyl (C=O) groups is 2. The van der Waals surface area contributed by atoms with E-state index in [1.807, 2.05) is 13.0 Å². The molecule has 0 aliphatic heterocycles. The van der Waals surface area contributed by atoms with E-state index in [4.69, 9.17) is 0 Å². The molecule has 0 atom stereocenters. The van der Waals surface area contributed by atoms with Crippen molar-refractivity contribution >= 4 is 22.6 Å². The van der Waals surface area contributed by atoms with Gasteiger partial charge in [-0.05, 0) is 19.1 Å². The average molecular weight is 308 g/mol. The summed E-state index contributed by atoms with van der Waals surface area (Å²) in [5.41, 5.74) is 1.73. The Bertz CT molecular complexity index is 882. The van der Waals surface area contributed by atoms with Gasteiger partial charge in [0, 0.05) is 28.6 Å². The van der Waals surface area contributed by atoms with E-state index in [2.05, 4.69) is 10.3 Å². The number of carbonyl (C=O) groups excluding carboxylic acids is 2. The zero-order valence-electron chi connectivity index (χ0n) is 12.6. The van der Waals surface area contributed by atoms with Gasteiger partial charge in [0.05, 0.1) is 5.56 Å². The molecule has 0 radical (unpaired) electrons. The van der Waals surface area contributed by atoms with E-state index in [1.165, 1.54) is 0 Å². The van der Waals surface area contributed by atoms with Crippen molar-refractivity contribution in [3.63, 3.8) is 0 Å². The maximum atomic E-state index is 12.6. The molecule has 0 aliphatic rings. The number of nitrogens with one attached hydrogen (secondary N) is 2. The molecule has 0 saturated carbocycles. The number of H-pyrrole nitrogens is 1. The lowest BCUT2D eigenvalue weighted by atomic mass is 10.0. The van der Waals surface area contributed by atoms with Crippen LogP contribution in [0.25, 0.3) is 10.9 Å². The summed E-state index contributed by atoms with van der Waals surface area (Å²) in [4.78, 5) is 27.3. The van der Waals surface area contributed by atoms with Crippen molar-refractivity contribution in [2.45, 2.75) is 6.92 Å². The Morgan fingerprint density at radius 2 is 1.83 bits per heavy atom. The summed E-state index contributed by atoms with van der Waals surface area (Å²) in [7, 11) is 0. The monoisotopic (exact) mass is 308 g/mol.